The van der Waals surface area contributed by atoms with Crippen molar-refractivity contribution in [3.63, 3.8) is 0 Å². The topological polar surface area (TPSA) is 64.4 Å². The number of ether oxygens (including phenoxy) is 1. The van der Waals surface area contributed by atoms with Gasteiger partial charge in [-0.05, 0) is 19.1 Å². The van der Waals surface area contributed by atoms with E-state index in [4.69, 9.17) is 13.0 Å². The van der Waals surface area contributed by atoms with Gasteiger partial charge in [-0.25, -0.2) is 13.6 Å². The van der Waals surface area contributed by atoms with Gasteiger partial charge in [0.25, 0.3) is 0 Å². The van der Waals surface area contributed by atoms with Crippen molar-refractivity contribution in [3.8, 4) is 5.75 Å². The molecule has 1 aromatic carbocycles. The number of anilines is 1. The lowest BCUT2D eigenvalue weighted by atomic mass is 9.91. The van der Waals surface area contributed by atoms with E-state index in [1.54, 1.807) is 18.2 Å². The van der Waals surface area contributed by atoms with Gasteiger partial charge < -0.3 is 9.26 Å². The number of carbonyl (C=O) groups excluding carboxylic acids is 1. The molecule has 0 aliphatic heterocycles. The van der Waals surface area contributed by atoms with E-state index in [9.17, 15) is 13.6 Å². The molecule has 1 amide bonds. The molecule has 0 spiro atoms. The number of halogens is 2. The quantitative estimate of drug-likeness (QED) is 0.918. The van der Waals surface area contributed by atoms with Crippen LogP contribution in [0.4, 0.5) is 19.4 Å². The third-order valence-electron chi connectivity index (χ3n) is 2.43. The van der Waals surface area contributed by atoms with Crippen molar-refractivity contribution in [2.75, 3.05) is 18.6 Å². The van der Waals surface area contributed by atoms with Crippen LogP contribution in [0.5, 0.6) is 5.75 Å². The third-order valence-corrected chi connectivity index (χ3v) is 2.43. The highest BCUT2D eigenvalue weighted by atomic mass is 19.1. The van der Waals surface area contributed by atoms with Crippen LogP contribution < -0.4 is 10.0 Å². The van der Waals surface area contributed by atoms with Crippen LogP contribution in [-0.2, 0) is 5.41 Å². The van der Waals surface area contributed by atoms with Crippen LogP contribution in [0, 0.1) is 0 Å². The number of rotatable bonds is 5. The maximum absolute atomic E-state index is 14.0. The van der Waals surface area contributed by atoms with Gasteiger partial charge in [-0.15, -0.1) is 0 Å². The lowest BCUT2D eigenvalue weighted by Gasteiger charge is -2.17. The zero-order valence-corrected chi connectivity index (χ0v) is 10.8. The molecule has 0 aliphatic carbocycles. The van der Waals surface area contributed by atoms with Crippen molar-refractivity contribution < 1.29 is 31.1 Å². The van der Waals surface area contributed by atoms with Crippen LogP contribution in [0.25, 0.3) is 0 Å². The number of nitrogens with zero attached hydrogens (tertiary/aromatic N) is 1. The van der Waals surface area contributed by atoms with E-state index in [1.807, 2.05) is 0 Å². The van der Waals surface area contributed by atoms with E-state index in [0.29, 0.717) is 6.92 Å². The molecular formula is C14H14F2N2O3. The van der Waals surface area contributed by atoms with Gasteiger partial charge >= 0.3 is 6.09 Å². The Labute approximate surface area is 128 Å². The monoisotopic (exact) mass is 302 g/mol. The minimum absolute atomic E-state index is 0.0373. The van der Waals surface area contributed by atoms with E-state index in [-0.39, 0.29) is 11.1 Å². The SMILES string of the molecule is [2H]c1c(N([2H])C(=O)Oc2ccccc2)noc1C(C)(C([2H])([2H])F)C([2H])([2H])F. The van der Waals surface area contributed by atoms with E-state index < -0.39 is 42.4 Å². The number of carbonyl (C=O) groups is 1. The van der Waals surface area contributed by atoms with Crippen molar-refractivity contribution in [2.24, 2.45) is 0 Å². The molecule has 1 aromatic heterocycles. The Morgan fingerprint density at radius 1 is 1.52 bits per heavy atom. The van der Waals surface area contributed by atoms with E-state index in [1.165, 1.54) is 12.1 Å². The minimum atomic E-state index is -4.00. The van der Waals surface area contributed by atoms with E-state index in [2.05, 4.69) is 9.68 Å². The zero-order valence-electron chi connectivity index (χ0n) is 16.8. The summed E-state index contributed by atoms with van der Waals surface area (Å²) >= 11 is 0. The first kappa shape index (κ1) is 8.76. The molecular weight excluding hydrogens is 282 g/mol. The molecule has 5 nitrogen and oxygen atoms in total. The first-order valence-electron chi connectivity index (χ1n) is 8.66. The Balaban J connectivity index is 2.40. The van der Waals surface area contributed by atoms with Gasteiger partial charge in [-0.2, -0.15) is 0 Å². The van der Waals surface area contributed by atoms with Crippen LogP contribution in [0.15, 0.2) is 40.9 Å². The Morgan fingerprint density at radius 3 is 2.81 bits per heavy atom. The van der Waals surface area contributed by atoms with Crippen LogP contribution >= 0.6 is 0 Å². The molecule has 0 unspecified atom stereocenters. The molecule has 0 saturated heterocycles. The second kappa shape index (κ2) is 6.34. The fourth-order valence-electron chi connectivity index (χ4n) is 1.30. The number of hydrogen-bond donors (Lipinski definition) is 1. The molecule has 21 heavy (non-hydrogen) atoms. The molecule has 2 rings (SSSR count). The maximum atomic E-state index is 14.0. The standard InChI is InChI=1S/C14H14F2N2O3/c1-14(8-15,9-16)11-7-12(18-21-11)17-13(19)20-10-5-3-2-4-6-10/h2-7H,8-9H2,1H3,(H,17,18,19)/i7D,8D2,9D2/hD. The van der Waals surface area contributed by atoms with E-state index >= 15 is 0 Å². The van der Waals surface area contributed by atoms with Crippen molar-refractivity contribution in [3.05, 3.63) is 42.1 Å². The summed E-state index contributed by atoms with van der Waals surface area (Å²) in [4.78, 5) is 12.0. The molecule has 0 radical (unpaired) electrons. The Hall–Kier alpha value is -2.44. The van der Waals surface area contributed by atoms with Crippen LogP contribution in [0.3, 0.4) is 0 Å². The van der Waals surface area contributed by atoms with Gasteiger partial charge in [-0.1, -0.05) is 23.4 Å². The van der Waals surface area contributed by atoms with Gasteiger partial charge in [0.1, 0.15) is 24.8 Å². The van der Waals surface area contributed by atoms with Crippen molar-refractivity contribution >= 4 is 11.9 Å². The number of hydrogen-bond acceptors (Lipinski definition) is 4. The summed E-state index contributed by atoms with van der Waals surface area (Å²) in [5, 5.41) is 3.14. The second-order valence-electron chi connectivity index (χ2n) is 4.07. The maximum Gasteiger partial charge on any atom is 0.418 e. The summed E-state index contributed by atoms with van der Waals surface area (Å²) in [5.74, 6) is -1.94. The second-order valence-corrected chi connectivity index (χ2v) is 4.07. The highest BCUT2D eigenvalue weighted by molar-refractivity contribution is 5.85. The molecule has 0 atom stereocenters. The molecule has 0 bridgehead atoms. The third kappa shape index (κ3) is 3.56. The van der Waals surface area contributed by atoms with Crippen LogP contribution in [0.1, 0.15) is 19.5 Å². The molecule has 0 fully saturated rings. The lowest BCUT2D eigenvalue weighted by Crippen LogP contribution is -2.26. The van der Waals surface area contributed by atoms with Gasteiger partial charge in [-0.3, -0.25) is 5.31 Å². The molecule has 112 valence electrons. The molecule has 2 aromatic rings. The largest absolute Gasteiger partial charge is 0.418 e. The van der Waals surface area contributed by atoms with Gasteiger partial charge in [0, 0.05) is 6.04 Å². The van der Waals surface area contributed by atoms with Crippen LogP contribution in [0.2, 0.25) is 1.41 Å². The zero-order chi connectivity index (χ0) is 20.6. The minimum Gasteiger partial charge on any atom is -0.410 e. The lowest BCUT2D eigenvalue weighted by molar-refractivity contribution is 0.205. The number of amides is 1. The predicted octanol–water partition coefficient (Wildman–Crippen LogP) is 3.48. The number of nitrogens with one attached hydrogen (secondary N) is 1. The highest BCUT2D eigenvalue weighted by Crippen LogP contribution is 2.27. The predicted molar refractivity (Wildman–Crippen MR) is 71.9 cm³/mol. The number of para-hydroxylation sites is 1. The Bertz CT molecular complexity index is 808. The normalized spacial score (nSPS) is 16.7. The summed E-state index contributed by atoms with van der Waals surface area (Å²) < 4.78 is 81.4. The number of benzene rings is 1. The smallest absolute Gasteiger partial charge is 0.410 e. The Kier molecular flexibility index (Phi) is 2.64. The first-order chi connectivity index (χ1) is 12.3. The van der Waals surface area contributed by atoms with Gasteiger partial charge in [0.05, 0.1) is 12.3 Å². The van der Waals surface area contributed by atoms with Crippen LogP contribution in [-0.4, -0.2) is 24.5 Å². The molecule has 7 heteroatoms. The molecule has 0 aliphatic rings. The molecule has 1 heterocycles. The average molecular weight is 302 g/mol. The Morgan fingerprint density at radius 2 is 2.19 bits per heavy atom. The molecule has 0 saturated carbocycles. The summed E-state index contributed by atoms with van der Waals surface area (Å²) in [6.45, 7) is -7.49. The summed E-state index contributed by atoms with van der Waals surface area (Å²) in [6.07, 6.45) is -1.33. The fourth-order valence-corrected chi connectivity index (χ4v) is 1.30. The summed E-state index contributed by atoms with van der Waals surface area (Å²) in [7, 11) is 0. The summed E-state index contributed by atoms with van der Waals surface area (Å²) in [5.41, 5.74) is -3.23. The van der Waals surface area contributed by atoms with Gasteiger partial charge in [0.15, 0.2) is 7.23 Å². The van der Waals surface area contributed by atoms with Crippen molar-refractivity contribution in [1.82, 2.24) is 5.16 Å². The fraction of sp³-hybridized carbons (Fsp3) is 0.286. The number of alkyl halides is 2. The van der Waals surface area contributed by atoms with Gasteiger partial charge in [0.2, 0.25) is 0 Å². The average Bonchev–Trinajstić information content (AvgIpc) is 2.93. The summed E-state index contributed by atoms with van der Waals surface area (Å²) in [6, 6.07) is 6.54. The van der Waals surface area contributed by atoms with Crippen molar-refractivity contribution in [2.45, 2.75) is 12.3 Å². The first-order valence-corrected chi connectivity index (χ1v) is 5.71. The van der Waals surface area contributed by atoms with Crippen molar-refractivity contribution in [1.29, 1.82) is 0 Å². The number of aromatic nitrogens is 1. The highest BCUT2D eigenvalue weighted by Gasteiger charge is 2.32. The molecule has 1 N–H and O–H groups in total. The van der Waals surface area contributed by atoms with E-state index in [0.717, 1.165) is 0 Å².